The Balaban J connectivity index is 0.000000612. The summed E-state index contributed by atoms with van der Waals surface area (Å²) in [5, 5.41) is 1.06. The van der Waals surface area contributed by atoms with Gasteiger partial charge in [0.15, 0.2) is 0 Å². The second kappa shape index (κ2) is 14.4. The van der Waals surface area contributed by atoms with Crippen LogP contribution in [0, 0.1) is 5.92 Å². The highest BCUT2D eigenvalue weighted by molar-refractivity contribution is 7.76. The van der Waals surface area contributed by atoms with Crippen molar-refractivity contribution in [1.29, 1.82) is 0 Å². The van der Waals surface area contributed by atoms with Crippen molar-refractivity contribution in [1.82, 2.24) is 9.88 Å². The quantitative estimate of drug-likeness (QED) is 0.184. The number of nitrogens with zero attached hydrogens (tertiary/aromatic N) is 2. The van der Waals surface area contributed by atoms with Crippen LogP contribution in [-0.2, 0) is 27.4 Å². The normalized spacial score (nSPS) is 15.7. The fourth-order valence-corrected chi connectivity index (χ4v) is 4.73. The standard InChI is InChI=1S/C30H28N2O4.B6/c1-3-35-30(34)28-25(29(33)32(28)2)17-20-13-15-23(16-14-20)36-19-22-18-27(21-9-5-4-6-10-21)31-26-12-8-7-11-24(22)26;1-5(2)6(3)4/h4-16,18,25,28H,3,17,19H2,1-2H3;/t25-,28-;/m0./s1. The molecule has 5 rings (SSSR count). The second-order valence-electron chi connectivity index (χ2n) is 10.1. The number of β-lactam (4-membered cyclic amide) rings is 1. The van der Waals surface area contributed by atoms with Crippen molar-refractivity contribution in [2.45, 2.75) is 26.0 Å². The molecule has 1 amide bonds. The number of para-hydroxylation sites is 1. The fraction of sp³-hybridized carbons (Fsp3) is 0.233. The largest absolute Gasteiger partial charge is 0.489 e. The summed E-state index contributed by atoms with van der Waals surface area (Å²) < 4.78 is 11.3. The molecule has 1 aromatic heterocycles. The maximum absolute atomic E-state index is 12.3. The lowest BCUT2D eigenvalue weighted by atomic mass is 8.81. The van der Waals surface area contributed by atoms with E-state index in [9.17, 15) is 9.59 Å². The van der Waals surface area contributed by atoms with Gasteiger partial charge in [0.05, 0.1) is 23.7 Å². The van der Waals surface area contributed by atoms with Crippen molar-refractivity contribution in [2.24, 2.45) is 5.92 Å². The van der Waals surface area contributed by atoms with Crippen LogP contribution in [0.2, 0.25) is 0 Å². The van der Waals surface area contributed by atoms with Crippen molar-refractivity contribution in [3.05, 3.63) is 96.1 Å². The minimum atomic E-state index is -0.593. The molecule has 8 radical (unpaired) electrons. The molecule has 0 aliphatic carbocycles. The van der Waals surface area contributed by atoms with Crippen LogP contribution in [0.1, 0.15) is 18.1 Å². The first-order valence-corrected chi connectivity index (χ1v) is 13.8. The summed E-state index contributed by atoms with van der Waals surface area (Å²) in [7, 11) is 21.5. The lowest BCUT2D eigenvalue weighted by Gasteiger charge is -2.43. The van der Waals surface area contributed by atoms with Crippen LogP contribution in [0.3, 0.4) is 0 Å². The van der Waals surface area contributed by atoms with Gasteiger partial charge in [-0.3, -0.25) is 4.79 Å². The van der Waals surface area contributed by atoms with Gasteiger partial charge in [-0.25, -0.2) is 9.78 Å². The van der Waals surface area contributed by atoms with E-state index in [0.717, 1.165) is 39.0 Å². The highest BCUT2D eigenvalue weighted by atomic mass is 16.5. The minimum absolute atomic E-state index is 0.0350. The number of likely N-dealkylation sites (N-methyl/N-ethyl adjacent to an activating group) is 1. The zero-order valence-corrected chi connectivity index (χ0v) is 23.9. The molecule has 0 unspecified atom stereocenters. The van der Waals surface area contributed by atoms with Crippen LogP contribution >= 0.6 is 0 Å². The van der Waals surface area contributed by atoms with E-state index >= 15 is 0 Å². The molecule has 2 heterocycles. The number of amides is 1. The van der Waals surface area contributed by atoms with E-state index in [1.165, 1.54) is 4.90 Å². The van der Waals surface area contributed by atoms with Crippen LogP contribution in [0.15, 0.2) is 84.9 Å². The monoisotopic (exact) mass is 546 g/mol. The van der Waals surface area contributed by atoms with Gasteiger partial charge in [0.25, 0.3) is 0 Å². The average molecular weight is 545 g/mol. The predicted octanol–water partition coefficient (Wildman–Crippen LogP) is 2.76. The summed E-state index contributed by atoms with van der Waals surface area (Å²) in [5.74, 6) is -0.0310. The van der Waals surface area contributed by atoms with Crippen molar-refractivity contribution < 1.29 is 19.1 Å². The number of fused-ring (bicyclic) bond motifs is 1. The molecule has 1 saturated heterocycles. The molecule has 0 spiro atoms. The van der Waals surface area contributed by atoms with E-state index in [1.54, 1.807) is 14.0 Å². The SMILES string of the molecule is CCOC(=O)[C@@H]1[C@H](Cc2ccc(OCc3cc(-c4ccccc4)nc4ccccc34)cc2)C(=O)N1C.[B]B([B])B([B])[B]. The lowest BCUT2D eigenvalue weighted by Crippen LogP contribution is -2.63. The zero-order valence-electron chi connectivity index (χ0n) is 23.9. The van der Waals surface area contributed by atoms with Gasteiger partial charge < -0.3 is 14.4 Å². The van der Waals surface area contributed by atoms with Gasteiger partial charge in [-0.15, -0.1) is 0 Å². The molecule has 200 valence electrons. The van der Waals surface area contributed by atoms with Crippen LogP contribution in [-0.4, -0.2) is 85.2 Å². The third-order valence-electron chi connectivity index (χ3n) is 7.08. The van der Waals surface area contributed by atoms with Gasteiger partial charge in [0.1, 0.15) is 18.4 Å². The van der Waals surface area contributed by atoms with Crippen LogP contribution in [0.5, 0.6) is 5.75 Å². The molecule has 3 aromatic carbocycles. The first kappa shape index (κ1) is 31.1. The van der Waals surface area contributed by atoms with Crippen LogP contribution in [0.25, 0.3) is 22.2 Å². The molecule has 42 heavy (non-hydrogen) atoms. The third kappa shape index (κ3) is 7.53. The van der Waals surface area contributed by atoms with Crippen molar-refractivity contribution in [2.75, 3.05) is 13.7 Å². The predicted molar refractivity (Wildman–Crippen MR) is 173 cm³/mol. The topological polar surface area (TPSA) is 68.7 Å². The Morgan fingerprint density at radius 1 is 0.929 bits per heavy atom. The maximum Gasteiger partial charge on any atom is 0.329 e. The second-order valence-corrected chi connectivity index (χ2v) is 10.1. The zero-order chi connectivity index (χ0) is 30.2. The fourth-order valence-electron chi connectivity index (χ4n) is 4.73. The number of carbonyl (C=O) groups is 2. The Bertz CT molecular complexity index is 1500. The molecule has 1 aliphatic heterocycles. The Morgan fingerprint density at radius 2 is 1.57 bits per heavy atom. The summed E-state index contributed by atoms with van der Waals surface area (Å²) in [5.41, 5.74) is 4.94. The summed E-state index contributed by atoms with van der Waals surface area (Å²) in [6.45, 7) is 2.47. The molecule has 1 fully saturated rings. The highest BCUT2D eigenvalue weighted by Gasteiger charge is 2.49. The summed E-state index contributed by atoms with van der Waals surface area (Å²) >= 11 is 0. The van der Waals surface area contributed by atoms with Crippen molar-refractivity contribution in [3.8, 4) is 17.0 Å². The van der Waals surface area contributed by atoms with Gasteiger partial charge in [-0.05, 0) is 43.2 Å². The molecule has 4 aromatic rings. The molecular formula is C30H28B6N2O4. The Labute approximate surface area is 253 Å². The smallest absolute Gasteiger partial charge is 0.329 e. The minimum Gasteiger partial charge on any atom is -0.489 e. The number of rotatable bonds is 9. The summed E-state index contributed by atoms with van der Waals surface area (Å²) in [4.78, 5) is 30.9. The van der Waals surface area contributed by atoms with Gasteiger partial charge in [0, 0.05) is 67.3 Å². The molecular weight excluding hydrogens is 517 g/mol. The summed E-state index contributed by atoms with van der Waals surface area (Å²) in [6.07, 6.45) is -0.697. The molecule has 6 nitrogen and oxygen atoms in total. The van der Waals surface area contributed by atoms with Crippen LogP contribution < -0.4 is 4.74 Å². The lowest BCUT2D eigenvalue weighted by molar-refractivity contribution is -0.171. The van der Waals surface area contributed by atoms with Gasteiger partial charge >= 0.3 is 5.97 Å². The van der Waals surface area contributed by atoms with Gasteiger partial charge in [-0.2, -0.15) is 0 Å². The van der Waals surface area contributed by atoms with E-state index in [0.29, 0.717) is 19.6 Å². The average Bonchev–Trinajstić information content (AvgIpc) is 3.00. The van der Waals surface area contributed by atoms with E-state index in [4.69, 9.17) is 45.4 Å². The number of esters is 1. The highest BCUT2D eigenvalue weighted by Crippen LogP contribution is 2.30. The molecule has 12 heteroatoms. The number of pyridine rings is 1. The van der Waals surface area contributed by atoms with E-state index in [-0.39, 0.29) is 17.8 Å². The van der Waals surface area contributed by atoms with Crippen molar-refractivity contribution >= 4 is 66.5 Å². The van der Waals surface area contributed by atoms with Gasteiger partial charge in [-0.1, -0.05) is 60.7 Å². The van der Waals surface area contributed by atoms with Crippen LogP contribution in [0.4, 0.5) is 0 Å². The Morgan fingerprint density at radius 3 is 2.21 bits per heavy atom. The number of carbonyl (C=O) groups excluding carboxylic acids is 2. The first-order valence-electron chi connectivity index (χ1n) is 13.8. The van der Waals surface area contributed by atoms with E-state index < -0.39 is 18.8 Å². The summed E-state index contributed by atoms with van der Waals surface area (Å²) in [6, 6.07) is 27.5. The molecule has 0 N–H and O–H groups in total. The number of ether oxygens (including phenoxy) is 2. The maximum atomic E-state index is 12.3. The number of aromatic nitrogens is 1. The Hall–Kier alpha value is -3.80. The van der Waals surface area contributed by atoms with Crippen molar-refractivity contribution in [3.63, 3.8) is 0 Å². The molecule has 1 aliphatic rings. The third-order valence-corrected chi connectivity index (χ3v) is 7.08. The molecule has 2 atom stereocenters. The van der Waals surface area contributed by atoms with E-state index in [2.05, 4.69) is 24.3 Å². The first-order chi connectivity index (χ1) is 20.2. The number of hydrogen-bond donors (Lipinski definition) is 0. The molecule has 0 saturated carbocycles. The van der Waals surface area contributed by atoms with E-state index in [1.807, 2.05) is 60.7 Å². The molecule has 0 bridgehead atoms. The number of benzene rings is 3. The Kier molecular flexibility index (Phi) is 10.7. The van der Waals surface area contributed by atoms with Gasteiger partial charge in [0.2, 0.25) is 5.91 Å². The number of likely N-dealkylation sites (tertiary alicyclic amines) is 1. The number of hydrogen-bond acceptors (Lipinski definition) is 5.